The summed E-state index contributed by atoms with van der Waals surface area (Å²) in [6.07, 6.45) is 1.91. The molecule has 0 aromatic heterocycles. The molecule has 1 heterocycles. The van der Waals surface area contributed by atoms with Crippen LogP contribution < -0.4 is 9.62 Å². The highest BCUT2D eigenvalue weighted by atomic mass is 32.2. The first kappa shape index (κ1) is 18.0. The lowest BCUT2D eigenvalue weighted by molar-refractivity contribution is -0.119. The molecule has 1 aliphatic heterocycles. The Morgan fingerprint density at radius 1 is 1.15 bits per heavy atom. The van der Waals surface area contributed by atoms with Gasteiger partial charge in [0.2, 0.25) is 5.91 Å². The number of anilines is 2. The summed E-state index contributed by atoms with van der Waals surface area (Å²) in [5.74, 6) is 0.300. The molecule has 1 saturated carbocycles. The van der Waals surface area contributed by atoms with Gasteiger partial charge in [0.05, 0.1) is 4.90 Å². The van der Waals surface area contributed by atoms with Crippen LogP contribution >= 0.6 is 0 Å². The predicted molar refractivity (Wildman–Crippen MR) is 107 cm³/mol. The van der Waals surface area contributed by atoms with Crippen molar-refractivity contribution in [1.29, 1.82) is 0 Å². The van der Waals surface area contributed by atoms with Gasteiger partial charge in [0.25, 0.3) is 10.0 Å². The highest BCUT2D eigenvalue weighted by Crippen LogP contribution is 2.44. The van der Waals surface area contributed by atoms with Crippen molar-refractivity contribution in [2.75, 3.05) is 16.2 Å². The highest BCUT2D eigenvalue weighted by molar-refractivity contribution is 7.92. The van der Waals surface area contributed by atoms with Crippen molar-refractivity contribution in [2.24, 2.45) is 5.92 Å². The zero-order chi connectivity index (χ0) is 19.4. The number of nitrogens with one attached hydrogen (secondary N) is 1. The molecule has 142 valence electrons. The molecule has 1 aliphatic carbocycles. The average molecular weight is 385 g/mol. The number of amides is 1. The Kier molecular flexibility index (Phi) is 4.07. The fourth-order valence-electron chi connectivity index (χ4n) is 3.70. The monoisotopic (exact) mass is 384 g/mol. The number of benzene rings is 2. The van der Waals surface area contributed by atoms with Crippen molar-refractivity contribution in [3.05, 3.63) is 53.6 Å². The quantitative estimate of drug-likeness (QED) is 0.871. The molecule has 0 bridgehead atoms. The van der Waals surface area contributed by atoms with E-state index in [0.717, 1.165) is 29.7 Å². The van der Waals surface area contributed by atoms with Gasteiger partial charge in [-0.1, -0.05) is 26.0 Å². The molecule has 1 fully saturated rings. The van der Waals surface area contributed by atoms with Gasteiger partial charge < -0.3 is 4.90 Å². The van der Waals surface area contributed by atoms with Crippen molar-refractivity contribution in [2.45, 2.75) is 43.9 Å². The van der Waals surface area contributed by atoms with Gasteiger partial charge >= 0.3 is 0 Å². The summed E-state index contributed by atoms with van der Waals surface area (Å²) in [6, 6.07) is 12.3. The van der Waals surface area contributed by atoms with Crippen LogP contribution in [0.1, 0.15) is 37.8 Å². The molecule has 0 unspecified atom stereocenters. The SMILES string of the molecule is Cc1cccc(NS(=O)(=O)c2ccc3c(c2)C(C)(C)CN3C(=O)C2CC2)c1. The largest absolute Gasteiger partial charge is 0.311 e. The van der Waals surface area contributed by atoms with Gasteiger partial charge in [-0.25, -0.2) is 8.42 Å². The van der Waals surface area contributed by atoms with Crippen LogP contribution in [0.3, 0.4) is 0 Å². The molecular formula is C21H24N2O3S. The highest BCUT2D eigenvalue weighted by Gasteiger charge is 2.43. The van der Waals surface area contributed by atoms with E-state index in [1.165, 1.54) is 0 Å². The van der Waals surface area contributed by atoms with Gasteiger partial charge in [0.15, 0.2) is 0 Å². The lowest BCUT2D eigenvalue weighted by Crippen LogP contribution is -2.34. The van der Waals surface area contributed by atoms with E-state index in [0.29, 0.717) is 12.2 Å². The van der Waals surface area contributed by atoms with Crippen LogP contribution in [0.15, 0.2) is 47.4 Å². The third-order valence-corrected chi connectivity index (χ3v) is 6.69. The number of nitrogens with zero attached hydrogens (tertiary/aromatic N) is 1. The summed E-state index contributed by atoms with van der Waals surface area (Å²) in [6.45, 7) is 6.61. The lowest BCUT2D eigenvalue weighted by atomic mass is 9.87. The van der Waals surface area contributed by atoms with Crippen molar-refractivity contribution in [3.8, 4) is 0 Å². The minimum atomic E-state index is -3.70. The minimum Gasteiger partial charge on any atom is -0.311 e. The smallest absolute Gasteiger partial charge is 0.261 e. The molecule has 0 atom stereocenters. The molecule has 0 spiro atoms. The first-order chi connectivity index (χ1) is 12.7. The average Bonchev–Trinajstić information content (AvgIpc) is 3.40. The topological polar surface area (TPSA) is 66.5 Å². The van der Waals surface area contributed by atoms with Gasteiger partial charge in [0, 0.05) is 29.3 Å². The molecule has 0 radical (unpaired) electrons. The van der Waals surface area contributed by atoms with Gasteiger partial charge in [-0.05, 0) is 61.2 Å². The summed E-state index contributed by atoms with van der Waals surface area (Å²) in [5, 5.41) is 0. The molecule has 2 aliphatic rings. The first-order valence-electron chi connectivity index (χ1n) is 9.23. The fourth-order valence-corrected chi connectivity index (χ4v) is 4.77. The summed E-state index contributed by atoms with van der Waals surface area (Å²) < 4.78 is 28.4. The molecular weight excluding hydrogens is 360 g/mol. The maximum absolute atomic E-state index is 12.9. The second-order valence-electron chi connectivity index (χ2n) is 8.24. The van der Waals surface area contributed by atoms with Crippen LogP contribution in [0.25, 0.3) is 0 Å². The van der Waals surface area contributed by atoms with E-state index >= 15 is 0 Å². The van der Waals surface area contributed by atoms with Gasteiger partial charge in [-0.15, -0.1) is 0 Å². The van der Waals surface area contributed by atoms with Crippen LogP contribution in [-0.4, -0.2) is 20.9 Å². The molecule has 2 aromatic rings. The maximum atomic E-state index is 12.9. The number of hydrogen-bond acceptors (Lipinski definition) is 3. The summed E-state index contributed by atoms with van der Waals surface area (Å²) in [5.41, 5.74) is 2.99. The van der Waals surface area contributed by atoms with Crippen LogP contribution in [0, 0.1) is 12.8 Å². The van der Waals surface area contributed by atoms with E-state index in [1.54, 1.807) is 30.3 Å². The Hall–Kier alpha value is -2.34. The first-order valence-corrected chi connectivity index (χ1v) is 10.7. The third kappa shape index (κ3) is 3.34. The molecule has 1 amide bonds. The second kappa shape index (κ2) is 6.09. The van der Waals surface area contributed by atoms with Crippen molar-refractivity contribution in [3.63, 3.8) is 0 Å². The van der Waals surface area contributed by atoms with E-state index in [-0.39, 0.29) is 22.1 Å². The number of fused-ring (bicyclic) bond motifs is 1. The molecule has 5 nitrogen and oxygen atoms in total. The predicted octanol–water partition coefficient (Wildman–Crippen LogP) is 3.83. The number of aryl methyl sites for hydroxylation is 1. The van der Waals surface area contributed by atoms with Crippen molar-refractivity contribution in [1.82, 2.24) is 0 Å². The Bertz CT molecular complexity index is 1020. The molecule has 4 rings (SSSR count). The fraction of sp³-hybridized carbons (Fsp3) is 0.381. The van der Waals surface area contributed by atoms with Gasteiger partial charge in [-0.3, -0.25) is 9.52 Å². The maximum Gasteiger partial charge on any atom is 0.261 e. The van der Waals surface area contributed by atoms with Crippen LogP contribution in [0.2, 0.25) is 0 Å². The molecule has 6 heteroatoms. The summed E-state index contributed by atoms with van der Waals surface area (Å²) >= 11 is 0. The Labute approximate surface area is 160 Å². The minimum absolute atomic E-state index is 0.137. The molecule has 0 saturated heterocycles. The third-order valence-electron chi connectivity index (χ3n) is 5.31. The van der Waals surface area contributed by atoms with Gasteiger partial charge in [0.1, 0.15) is 0 Å². The Morgan fingerprint density at radius 2 is 1.89 bits per heavy atom. The molecule has 1 N–H and O–H groups in total. The van der Waals surface area contributed by atoms with E-state index in [9.17, 15) is 13.2 Å². The zero-order valence-electron chi connectivity index (χ0n) is 15.8. The summed E-state index contributed by atoms with van der Waals surface area (Å²) in [4.78, 5) is 14.7. The van der Waals surface area contributed by atoms with Crippen molar-refractivity contribution < 1.29 is 13.2 Å². The second-order valence-corrected chi connectivity index (χ2v) is 9.92. The number of carbonyl (C=O) groups excluding carboxylic acids is 1. The molecule has 2 aromatic carbocycles. The number of hydrogen-bond donors (Lipinski definition) is 1. The zero-order valence-corrected chi connectivity index (χ0v) is 16.6. The van der Waals surface area contributed by atoms with Gasteiger partial charge in [-0.2, -0.15) is 0 Å². The van der Waals surface area contributed by atoms with Crippen LogP contribution in [-0.2, 0) is 20.2 Å². The number of rotatable bonds is 4. The van der Waals surface area contributed by atoms with E-state index in [4.69, 9.17) is 0 Å². The Balaban J connectivity index is 1.68. The van der Waals surface area contributed by atoms with Crippen molar-refractivity contribution >= 4 is 27.3 Å². The lowest BCUT2D eigenvalue weighted by Gasteiger charge is -2.20. The van der Waals surface area contributed by atoms with E-state index in [1.807, 2.05) is 24.0 Å². The molecule has 27 heavy (non-hydrogen) atoms. The number of carbonyl (C=O) groups is 1. The normalized spacial score (nSPS) is 18.3. The Morgan fingerprint density at radius 3 is 2.56 bits per heavy atom. The van der Waals surface area contributed by atoms with Crippen LogP contribution in [0.5, 0.6) is 0 Å². The van der Waals surface area contributed by atoms with E-state index in [2.05, 4.69) is 18.6 Å². The van der Waals surface area contributed by atoms with E-state index < -0.39 is 10.0 Å². The van der Waals surface area contributed by atoms with Crippen LogP contribution in [0.4, 0.5) is 11.4 Å². The standard InChI is InChI=1S/C21H24N2O3S/c1-14-5-4-6-16(11-14)22-27(25,26)17-9-10-19-18(12-17)21(2,3)13-23(19)20(24)15-7-8-15/h4-6,9-12,15,22H,7-8,13H2,1-3H3. The number of sulfonamides is 1. The summed E-state index contributed by atoms with van der Waals surface area (Å²) in [7, 11) is -3.70.